The summed E-state index contributed by atoms with van der Waals surface area (Å²) in [6.45, 7) is 0. The lowest BCUT2D eigenvalue weighted by atomic mass is 9.83. The Morgan fingerprint density at radius 3 is 0.931 bits per heavy atom. The quantitative estimate of drug-likeness (QED) is 0.420. The van der Waals surface area contributed by atoms with Crippen molar-refractivity contribution in [3.8, 4) is 0 Å². The lowest BCUT2D eigenvalue weighted by Crippen LogP contribution is -2.79. The second kappa shape index (κ2) is 6.36. The zero-order valence-corrected chi connectivity index (χ0v) is 12.9. The van der Waals surface area contributed by atoms with Crippen molar-refractivity contribution in [2.24, 2.45) is 0 Å². The third kappa shape index (κ3) is 3.26. The van der Waals surface area contributed by atoms with Gasteiger partial charge in [0.1, 0.15) is 0 Å². The molecule has 1 unspecified atom stereocenters. The molecule has 0 aromatic carbocycles. The number of hydrogen-bond acceptors (Lipinski definition) is 2. The molecule has 0 saturated heterocycles. The molecule has 0 radical (unpaired) electrons. The molecule has 0 bridgehead atoms. The summed E-state index contributed by atoms with van der Waals surface area (Å²) in [5, 5.41) is -8.42. The van der Waals surface area contributed by atoms with E-state index in [9.17, 15) is 83.1 Å². The van der Waals surface area contributed by atoms with Crippen LogP contribution >= 0.6 is 0 Å². The third-order valence-corrected chi connectivity index (χ3v) is 4.02. The molecule has 1 N–H and O–H groups in total. The van der Waals surface area contributed by atoms with Crippen LogP contribution in [0.15, 0.2) is 0 Å². The van der Waals surface area contributed by atoms with Crippen LogP contribution in [0, 0.1) is 0 Å². The van der Waals surface area contributed by atoms with Gasteiger partial charge in [0.05, 0.1) is 0 Å². The standard InChI is InChI=1S/C8HF17O3S/c9-1(3(12,13)6(18,19)20,8(24,25)29(26,27)28)2(10,11)4(14,15)5(16,17)7(21,22)23/h(H,26,27,28). The van der Waals surface area contributed by atoms with Crippen molar-refractivity contribution in [2.75, 3.05) is 0 Å². The van der Waals surface area contributed by atoms with E-state index in [1.165, 1.54) is 0 Å². The molecule has 0 aliphatic rings. The summed E-state index contributed by atoms with van der Waals surface area (Å²) in [7, 11) is -8.36. The highest BCUT2D eigenvalue weighted by Crippen LogP contribution is 2.66. The SMILES string of the molecule is O=S(=O)(O)C(F)(F)C(F)(C(F)(F)C(F)(F)F)C(F)(F)C(F)(F)C(F)(F)C(F)(F)F. The Morgan fingerprint density at radius 2 is 0.724 bits per heavy atom. The number of rotatable bonds is 6. The van der Waals surface area contributed by atoms with Crippen LogP contribution in [-0.2, 0) is 10.1 Å². The van der Waals surface area contributed by atoms with Crippen molar-refractivity contribution in [1.82, 2.24) is 0 Å². The molecule has 176 valence electrons. The van der Waals surface area contributed by atoms with Gasteiger partial charge < -0.3 is 0 Å². The summed E-state index contributed by atoms with van der Waals surface area (Å²) in [5.41, 5.74) is -9.13. The molecule has 3 nitrogen and oxygen atoms in total. The van der Waals surface area contributed by atoms with Crippen LogP contribution in [0.25, 0.3) is 0 Å². The topological polar surface area (TPSA) is 54.4 Å². The average Bonchev–Trinajstić information content (AvgIpc) is 2.41. The molecule has 0 heterocycles. The van der Waals surface area contributed by atoms with Gasteiger partial charge in [-0.05, 0) is 0 Å². The minimum absolute atomic E-state index is 7.80. The van der Waals surface area contributed by atoms with Gasteiger partial charge in [-0.25, -0.2) is 4.39 Å². The van der Waals surface area contributed by atoms with Gasteiger partial charge in [-0.2, -0.15) is 78.7 Å². The Kier molecular flexibility index (Phi) is 6.08. The fourth-order valence-electron chi connectivity index (χ4n) is 1.53. The molecular formula is C8HF17O3S. The molecule has 0 amide bonds. The van der Waals surface area contributed by atoms with Gasteiger partial charge in [0.15, 0.2) is 0 Å². The average molecular weight is 500 g/mol. The van der Waals surface area contributed by atoms with E-state index in [4.69, 9.17) is 4.55 Å². The Hall–Kier alpha value is -1.28. The minimum atomic E-state index is -9.16. The molecule has 1 atom stereocenters. The maximum absolute atomic E-state index is 13.8. The Balaban J connectivity index is 7.58. The lowest BCUT2D eigenvalue weighted by Gasteiger charge is -2.45. The Bertz CT molecular complexity index is 731. The van der Waals surface area contributed by atoms with Crippen molar-refractivity contribution in [3.63, 3.8) is 0 Å². The summed E-state index contributed by atoms with van der Waals surface area (Å²) < 4.78 is 244. The van der Waals surface area contributed by atoms with E-state index in [1.54, 1.807) is 0 Å². The second-order valence-corrected chi connectivity index (χ2v) is 6.41. The predicted molar refractivity (Wildman–Crippen MR) is 52.2 cm³/mol. The van der Waals surface area contributed by atoms with Crippen LogP contribution < -0.4 is 0 Å². The first-order valence-corrected chi connectivity index (χ1v) is 7.12. The Morgan fingerprint density at radius 1 is 0.448 bits per heavy atom. The van der Waals surface area contributed by atoms with Crippen molar-refractivity contribution in [2.45, 2.75) is 47.0 Å². The molecule has 0 aromatic heterocycles. The third-order valence-electron chi connectivity index (χ3n) is 3.09. The van der Waals surface area contributed by atoms with E-state index in [0.717, 1.165) is 0 Å². The summed E-state index contributed by atoms with van der Waals surface area (Å²) in [6.07, 6.45) is -16.2. The van der Waals surface area contributed by atoms with Crippen molar-refractivity contribution < 1.29 is 87.6 Å². The summed E-state index contributed by atoms with van der Waals surface area (Å²) in [6, 6.07) is 0. The second-order valence-electron chi connectivity index (χ2n) is 4.94. The normalized spacial score (nSPS) is 18.6. The van der Waals surface area contributed by atoms with E-state index >= 15 is 0 Å². The van der Waals surface area contributed by atoms with Gasteiger partial charge in [-0.1, -0.05) is 0 Å². The van der Waals surface area contributed by atoms with Gasteiger partial charge >= 0.3 is 57.1 Å². The molecule has 0 fully saturated rings. The number of hydrogen-bond donors (Lipinski definition) is 1. The lowest BCUT2D eigenvalue weighted by molar-refractivity contribution is -0.455. The van der Waals surface area contributed by atoms with Gasteiger partial charge in [0.2, 0.25) is 0 Å². The first-order chi connectivity index (χ1) is 12.0. The molecule has 29 heavy (non-hydrogen) atoms. The molecule has 0 aliphatic carbocycles. The molecule has 0 rings (SSSR count). The molecule has 0 aliphatic heterocycles. The van der Waals surface area contributed by atoms with Gasteiger partial charge in [0, 0.05) is 0 Å². The van der Waals surface area contributed by atoms with Crippen molar-refractivity contribution in [1.29, 1.82) is 0 Å². The predicted octanol–water partition coefficient (Wildman–Crippen LogP) is 4.84. The van der Waals surface area contributed by atoms with Gasteiger partial charge in [0.25, 0.3) is 0 Å². The molecule has 21 heteroatoms. The van der Waals surface area contributed by atoms with E-state index in [1.807, 2.05) is 0 Å². The van der Waals surface area contributed by atoms with Gasteiger partial charge in [-0.3, -0.25) is 4.55 Å². The van der Waals surface area contributed by atoms with Gasteiger partial charge in [-0.15, -0.1) is 0 Å². The smallest absolute Gasteiger partial charge is 0.281 e. The van der Waals surface area contributed by atoms with Crippen LogP contribution in [0.4, 0.5) is 74.6 Å². The van der Waals surface area contributed by atoms with Crippen LogP contribution in [0.3, 0.4) is 0 Å². The van der Waals surface area contributed by atoms with E-state index in [2.05, 4.69) is 0 Å². The van der Waals surface area contributed by atoms with Crippen LogP contribution in [0.2, 0.25) is 0 Å². The summed E-state index contributed by atoms with van der Waals surface area (Å²) in [5.74, 6) is -35.3. The molecule has 0 saturated carbocycles. The fourth-order valence-corrected chi connectivity index (χ4v) is 2.14. The summed E-state index contributed by atoms with van der Waals surface area (Å²) in [4.78, 5) is 0. The Labute approximate surface area is 146 Å². The maximum Gasteiger partial charge on any atom is 0.460 e. The molecule has 0 aromatic rings. The van der Waals surface area contributed by atoms with Crippen molar-refractivity contribution in [3.05, 3.63) is 0 Å². The molecular weight excluding hydrogens is 499 g/mol. The van der Waals surface area contributed by atoms with Crippen LogP contribution in [-0.4, -0.2) is 59.9 Å². The zero-order chi connectivity index (χ0) is 24.5. The number of alkyl halides is 17. The largest absolute Gasteiger partial charge is 0.460 e. The highest BCUT2D eigenvalue weighted by Gasteiger charge is 2.99. The highest BCUT2D eigenvalue weighted by molar-refractivity contribution is 7.87. The first kappa shape index (κ1) is 27.7. The van der Waals surface area contributed by atoms with Crippen molar-refractivity contribution >= 4 is 10.1 Å². The monoisotopic (exact) mass is 500 g/mol. The zero-order valence-electron chi connectivity index (χ0n) is 12.1. The maximum atomic E-state index is 13.8. The fraction of sp³-hybridized carbons (Fsp3) is 1.00. The van der Waals surface area contributed by atoms with E-state index in [0.29, 0.717) is 0 Å². The number of halogens is 17. The first-order valence-electron chi connectivity index (χ1n) is 5.68. The highest BCUT2D eigenvalue weighted by atomic mass is 32.2. The van der Waals surface area contributed by atoms with E-state index < -0.39 is 57.1 Å². The molecule has 0 spiro atoms. The minimum Gasteiger partial charge on any atom is -0.281 e. The summed E-state index contributed by atoms with van der Waals surface area (Å²) >= 11 is 0. The van der Waals surface area contributed by atoms with E-state index in [-0.39, 0.29) is 0 Å². The van der Waals surface area contributed by atoms with Crippen LogP contribution in [0.1, 0.15) is 0 Å². The van der Waals surface area contributed by atoms with Crippen LogP contribution in [0.5, 0.6) is 0 Å².